The minimum Gasteiger partial charge on any atom is -0.451 e. The molecule has 2 aromatic heterocycles. The molecule has 2 N–H and O–H groups in total. The van der Waals surface area contributed by atoms with E-state index < -0.39 is 5.91 Å². The second-order valence-corrected chi connectivity index (χ2v) is 10.5. The summed E-state index contributed by atoms with van der Waals surface area (Å²) in [4.78, 5) is 17.5. The van der Waals surface area contributed by atoms with Crippen molar-refractivity contribution in [2.24, 2.45) is 0 Å². The normalized spacial score (nSPS) is 11.2. The van der Waals surface area contributed by atoms with Crippen LogP contribution in [0.5, 0.6) is 0 Å². The quantitative estimate of drug-likeness (QED) is 0.199. The fourth-order valence-electron chi connectivity index (χ4n) is 4.42. The predicted molar refractivity (Wildman–Crippen MR) is 162 cm³/mol. The van der Waals surface area contributed by atoms with E-state index in [0.717, 1.165) is 31.9 Å². The van der Waals surface area contributed by atoms with Crippen molar-refractivity contribution in [3.8, 4) is 22.8 Å². The van der Waals surface area contributed by atoms with Gasteiger partial charge in [0.1, 0.15) is 11.3 Å². The van der Waals surface area contributed by atoms with Crippen LogP contribution >= 0.6 is 28.1 Å². The van der Waals surface area contributed by atoms with E-state index >= 15 is 0 Å². The maximum absolute atomic E-state index is 12.8. The molecule has 4 aromatic carbocycles. The molecule has 0 atom stereocenters. The Balaban J connectivity index is 1.17. The highest BCUT2D eigenvalue weighted by molar-refractivity contribution is 9.10. The third-order valence-electron chi connectivity index (χ3n) is 6.59. The molecule has 0 bridgehead atoms. The van der Waals surface area contributed by atoms with E-state index in [9.17, 15) is 4.79 Å². The molecule has 2 heterocycles. The molecule has 0 aliphatic heterocycles. The molecule has 0 unspecified atom stereocenters. The van der Waals surface area contributed by atoms with Gasteiger partial charge in [0.25, 0.3) is 5.91 Å². The Morgan fingerprint density at radius 2 is 1.69 bits per heavy atom. The van der Waals surface area contributed by atoms with E-state index in [1.807, 2.05) is 73.7 Å². The van der Waals surface area contributed by atoms with Gasteiger partial charge in [0.15, 0.2) is 16.5 Å². The Morgan fingerprint density at radius 1 is 0.872 bits per heavy atom. The molecule has 0 saturated carbocycles. The van der Waals surface area contributed by atoms with E-state index in [2.05, 4.69) is 39.6 Å². The zero-order chi connectivity index (χ0) is 27.1. The smallest absolute Gasteiger partial charge is 0.293 e. The monoisotopic (exact) mass is 595 g/mol. The molecule has 192 valence electrons. The number of carbonyl (C=O) groups excluding carboxylic acids is 1. The van der Waals surface area contributed by atoms with Gasteiger partial charge < -0.3 is 14.2 Å². The lowest BCUT2D eigenvalue weighted by molar-refractivity contribution is 0.0951. The van der Waals surface area contributed by atoms with Crippen molar-refractivity contribution in [2.75, 3.05) is 5.32 Å². The molecule has 6 aromatic rings. The molecular formula is C31H22BrN3O3S. The third-order valence-corrected chi connectivity index (χ3v) is 7.49. The summed E-state index contributed by atoms with van der Waals surface area (Å²) in [6, 6.07) is 27.0. The van der Waals surface area contributed by atoms with Crippen LogP contribution in [-0.4, -0.2) is 16.0 Å². The summed E-state index contributed by atoms with van der Waals surface area (Å²) in [5, 5.41) is 7.98. The number of hydrogen-bond acceptors (Lipinski definition) is 5. The van der Waals surface area contributed by atoms with E-state index in [0.29, 0.717) is 28.4 Å². The van der Waals surface area contributed by atoms with E-state index in [1.165, 1.54) is 5.56 Å². The topological polar surface area (TPSA) is 80.3 Å². The first-order valence-electron chi connectivity index (χ1n) is 12.2. The van der Waals surface area contributed by atoms with Crippen LogP contribution in [0, 0.1) is 13.8 Å². The number of nitrogens with one attached hydrogen (secondary N) is 2. The number of benzene rings is 4. The number of thiocarbonyl (C=S) groups is 1. The minimum absolute atomic E-state index is 0.145. The number of amides is 1. The lowest BCUT2D eigenvalue weighted by Gasteiger charge is -2.08. The zero-order valence-corrected chi connectivity index (χ0v) is 23.4. The molecule has 8 heteroatoms. The minimum atomic E-state index is -0.436. The van der Waals surface area contributed by atoms with Gasteiger partial charge in [-0.1, -0.05) is 52.3 Å². The van der Waals surface area contributed by atoms with Crippen molar-refractivity contribution in [1.29, 1.82) is 0 Å². The van der Waals surface area contributed by atoms with Crippen molar-refractivity contribution in [3.05, 3.63) is 106 Å². The second kappa shape index (κ2) is 10.1. The molecule has 6 rings (SSSR count). The second-order valence-electron chi connectivity index (χ2n) is 9.21. The van der Waals surface area contributed by atoms with Gasteiger partial charge in [0.05, 0.1) is 0 Å². The number of furan rings is 1. The highest BCUT2D eigenvalue weighted by Gasteiger charge is 2.16. The Kier molecular flexibility index (Phi) is 6.50. The van der Waals surface area contributed by atoms with E-state index in [1.54, 1.807) is 12.1 Å². The average Bonchev–Trinajstić information content (AvgIpc) is 3.58. The first-order valence-corrected chi connectivity index (χ1v) is 13.4. The van der Waals surface area contributed by atoms with Crippen molar-refractivity contribution in [1.82, 2.24) is 10.3 Å². The van der Waals surface area contributed by atoms with Crippen LogP contribution < -0.4 is 10.6 Å². The van der Waals surface area contributed by atoms with Gasteiger partial charge in [0, 0.05) is 21.3 Å². The summed E-state index contributed by atoms with van der Waals surface area (Å²) in [7, 11) is 0. The predicted octanol–water partition coefficient (Wildman–Crippen LogP) is 8.41. The molecule has 6 nitrogen and oxygen atoms in total. The first-order chi connectivity index (χ1) is 18.9. The van der Waals surface area contributed by atoms with Crippen LogP contribution in [0.25, 0.3) is 44.7 Å². The molecular weight excluding hydrogens is 574 g/mol. The van der Waals surface area contributed by atoms with Crippen molar-refractivity contribution >= 4 is 66.7 Å². The summed E-state index contributed by atoms with van der Waals surface area (Å²) < 4.78 is 12.9. The summed E-state index contributed by atoms with van der Waals surface area (Å²) >= 11 is 8.99. The molecule has 0 aliphatic carbocycles. The van der Waals surface area contributed by atoms with E-state index in [-0.39, 0.29) is 10.9 Å². The number of oxazole rings is 1. The van der Waals surface area contributed by atoms with Crippen LogP contribution in [0.2, 0.25) is 0 Å². The SMILES string of the molecule is Cc1ccc(-c2ccc(C(=O)NC(=S)Nc3ccc4oc(-c5cccc6c(Br)cccc56)nc4c3)o2)cc1C. The Bertz CT molecular complexity index is 1910. The molecule has 0 saturated heterocycles. The Labute approximate surface area is 238 Å². The summed E-state index contributed by atoms with van der Waals surface area (Å²) in [5.74, 6) is 0.882. The molecule has 39 heavy (non-hydrogen) atoms. The number of fused-ring (bicyclic) bond motifs is 2. The highest BCUT2D eigenvalue weighted by Crippen LogP contribution is 2.34. The molecule has 0 aliphatic rings. The van der Waals surface area contributed by atoms with Crippen LogP contribution in [0.15, 0.2) is 98.2 Å². The van der Waals surface area contributed by atoms with Gasteiger partial charge in [-0.15, -0.1) is 0 Å². The number of anilines is 1. The number of nitrogens with zero attached hydrogens (tertiary/aromatic N) is 1. The van der Waals surface area contributed by atoms with Crippen LogP contribution in [0.3, 0.4) is 0 Å². The number of aromatic nitrogens is 1. The van der Waals surface area contributed by atoms with Crippen LogP contribution in [-0.2, 0) is 0 Å². The summed E-state index contributed by atoms with van der Waals surface area (Å²) in [6.45, 7) is 4.09. The Morgan fingerprint density at radius 3 is 2.54 bits per heavy atom. The summed E-state index contributed by atoms with van der Waals surface area (Å²) in [5.41, 5.74) is 6.15. The largest absolute Gasteiger partial charge is 0.451 e. The number of hydrogen-bond donors (Lipinski definition) is 2. The maximum atomic E-state index is 12.8. The Hall–Kier alpha value is -4.27. The maximum Gasteiger partial charge on any atom is 0.293 e. The fraction of sp³-hybridized carbons (Fsp3) is 0.0645. The van der Waals surface area contributed by atoms with Crippen molar-refractivity contribution in [2.45, 2.75) is 13.8 Å². The number of halogens is 1. The standard InChI is InChI=1S/C31H22BrN3O3S/c1-17-9-10-19(15-18(17)2)26-13-14-28(37-26)29(36)35-31(39)33-20-11-12-27-25(16-20)34-30(38-27)23-7-3-6-22-21(23)5-4-8-24(22)32/h3-16H,1-2H3,(H2,33,35,36,39). The van der Waals surface area contributed by atoms with Gasteiger partial charge in [-0.05, 0) is 96.5 Å². The molecule has 1 amide bonds. The van der Waals surface area contributed by atoms with Crippen LogP contribution in [0.1, 0.15) is 21.7 Å². The average molecular weight is 597 g/mol. The van der Waals surface area contributed by atoms with Crippen molar-refractivity contribution < 1.29 is 13.6 Å². The number of carbonyl (C=O) groups is 1. The first kappa shape index (κ1) is 25.0. The van der Waals surface area contributed by atoms with Gasteiger partial charge >= 0.3 is 0 Å². The number of rotatable bonds is 4. The number of aryl methyl sites for hydroxylation is 2. The lowest BCUT2D eigenvalue weighted by atomic mass is 10.0. The van der Waals surface area contributed by atoms with Gasteiger partial charge in [-0.25, -0.2) is 4.98 Å². The van der Waals surface area contributed by atoms with Crippen LogP contribution in [0.4, 0.5) is 5.69 Å². The van der Waals surface area contributed by atoms with Gasteiger partial charge in [0.2, 0.25) is 5.89 Å². The van der Waals surface area contributed by atoms with Crippen molar-refractivity contribution in [3.63, 3.8) is 0 Å². The van der Waals surface area contributed by atoms with Gasteiger partial charge in [-0.2, -0.15) is 0 Å². The third kappa shape index (κ3) is 4.96. The lowest BCUT2D eigenvalue weighted by Crippen LogP contribution is -2.33. The highest BCUT2D eigenvalue weighted by atomic mass is 79.9. The summed E-state index contributed by atoms with van der Waals surface area (Å²) in [6.07, 6.45) is 0. The molecule has 0 fully saturated rings. The van der Waals surface area contributed by atoms with E-state index in [4.69, 9.17) is 26.0 Å². The molecule has 0 radical (unpaired) electrons. The fourth-order valence-corrected chi connectivity index (χ4v) is 5.12. The van der Waals surface area contributed by atoms with Gasteiger partial charge in [-0.3, -0.25) is 10.1 Å². The zero-order valence-electron chi connectivity index (χ0n) is 21.0. The molecule has 0 spiro atoms.